The third-order valence-corrected chi connectivity index (χ3v) is 3.45. The van der Waals surface area contributed by atoms with Crippen LogP contribution < -0.4 is 5.32 Å². The molecule has 0 radical (unpaired) electrons. The number of hydrogen-bond donors (Lipinski definition) is 2. The van der Waals surface area contributed by atoms with E-state index < -0.39 is 0 Å². The maximum Gasteiger partial charge on any atom is 0.0922 e. The summed E-state index contributed by atoms with van der Waals surface area (Å²) in [5, 5.41) is 10.3. The molecule has 1 aliphatic rings. The molecule has 3 heterocycles. The first-order valence-corrected chi connectivity index (χ1v) is 6.35. The van der Waals surface area contributed by atoms with Crippen LogP contribution in [0.4, 0.5) is 0 Å². The standard InChI is InChI=1S/C13H17N5/c1-9-12(7-16-18-9)13-8-15-6-11(17-13)4-10-2-3-14-5-10/h6-8,10,14H,2-5H2,1H3,(H,16,18)/t10-/m0/s1. The van der Waals surface area contributed by atoms with Crippen LogP contribution in [0.3, 0.4) is 0 Å². The van der Waals surface area contributed by atoms with Gasteiger partial charge in [-0.3, -0.25) is 10.1 Å². The van der Waals surface area contributed by atoms with Gasteiger partial charge < -0.3 is 5.32 Å². The van der Waals surface area contributed by atoms with Crippen LogP contribution in [0.5, 0.6) is 0 Å². The predicted molar refractivity (Wildman–Crippen MR) is 69.0 cm³/mol. The van der Waals surface area contributed by atoms with Crippen LogP contribution in [-0.4, -0.2) is 33.3 Å². The molecule has 18 heavy (non-hydrogen) atoms. The summed E-state index contributed by atoms with van der Waals surface area (Å²) in [5.41, 5.74) is 4.05. The van der Waals surface area contributed by atoms with E-state index in [9.17, 15) is 0 Å². The molecule has 0 saturated carbocycles. The summed E-state index contributed by atoms with van der Waals surface area (Å²) in [5.74, 6) is 0.694. The Morgan fingerprint density at radius 1 is 1.33 bits per heavy atom. The number of aromatic amines is 1. The maximum atomic E-state index is 4.69. The van der Waals surface area contributed by atoms with Crippen molar-refractivity contribution in [3.8, 4) is 11.3 Å². The Balaban J connectivity index is 1.82. The van der Waals surface area contributed by atoms with E-state index in [1.807, 2.05) is 13.1 Å². The Labute approximate surface area is 106 Å². The van der Waals surface area contributed by atoms with Gasteiger partial charge in [0.1, 0.15) is 0 Å². The Morgan fingerprint density at radius 2 is 2.28 bits per heavy atom. The highest BCUT2D eigenvalue weighted by Gasteiger charge is 2.16. The van der Waals surface area contributed by atoms with Gasteiger partial charge in [0.15, 0.2) is 0 Å². The van der Waals surface area contributed by atoms with Crippen molar-refractivity contribution in [2.24, 2.45) is 5.92 Å². The van der Waals surface area contributed by atoms with Crippen molar-refractivity contribution in [2.75, 3.05) is 13.1 Å². The zero-order chi connectivity index (χ0) is 12.4. The van der Waals surface area contributed by atoms with Gasteiger partial charge in [-0.25, -0.2) is 4.98 Å². The summed E-state index contributed by atoms with van der Waals surface area (Å²) in [7, 11) is 0. The van der Waals surface area contributed by atoms with E-state index in [0.717, 1.165) is 42.2 Å². The molecule has 0 bridgehead atoms. The zero-order valence-corrected chi connectivity index (χ0v) is 10.5. The summed E-state index contributed by atoms with van der Waals surface area (Å²) in [6.07, 6.45) is 7.72. The Bertz CT molecular complexity index is 528. The molecule has 2 aromatic rings. The average molecular weight is 243 g/mol. The fourth-order valence-corrected chi connectivity index (χ4v) is 2.43. The molecular weight excluding hydrogens is 226 g/mol. The molecule has 1 saturated heterocycles. The lowest BCUT2D eigenvalue weighted by Gasteiger charge is -2.08. The number of rotatable bonds is 3. The van der Waals surface area contributed by atoms with Gasteiger partial charge in [0.05, 0.1) is 23.8 Å². The number of H-pyrrole nitrogens is 1. The minimum atomic E-state index is 0.694. The molecule has 1 fully saturated rings. The number of aryl methyl sites for hydroxylation is 1. The van der Waals surface area contributed by atoms with Gasteiger partial charge in [-0.2, -0.15) is 5.10 Å². The molecule has 0 aromatic carbocycles. The second-order valence-corrected chi connectivity index (χ2v) is 4.87. The van der Waals surface area contributed by atoms with Crippen molar-refractivity contribution in [3.63, 3.8) is 0 Å². The smallest absolute Gasteiger partial charge is 0.0922 e. The largest absolute Gasteiger partial charge is 0.316 e. The van der Waals surface area contributed by atoms with E-state index in [1.165, 1.54) is 6.42 Å². The molecule has 5 heteroatoms. The normalized spacial score (nSPS) is 19.3. The highest BCUT2D eigenvalue weighted by atomic mass is 15.1. The zero-order valence-electron chi connectivity index (χ0n) is 10.5. The van der Waals surface area contributed by atoms with Gasteiger partial charge in [0.2, 0.25) is 0 Å². The summed E-state index contributed by atoms with van der Waals surface area (Å²) in [6, 6.07) is 0. The molecule has 5 nitrogen and oxygen atoms in total. The van der Waals surface area contributed by atoms with Crippen molar-refractivity contribution in [2.45, 2.75) is 19.8 Å². The Kier molecular flexibility index (Phi) is 3.06. The van der Waals surface area contributed by atoms with E-state index in [1.54, 1.807) is 12.4 Å². The monoisotopic (exact) mass is 243 g/mol. The fraction of sp³-hybridized carbons (Fsp3) is 0.462. The van der Waals surface area contributed by atoms with E-state index in [0.29, 0.717) is 5.92 Å². The van der Waals surface area contributed by atoms with E-state index in [-0.39, 0.29) is 0 Å². The Hall–Kier alpha value is -1.75. The van der Waals surface area contributed by atoms with Gasteiger partial charge >= 0.3 is 0 Å². The first-order valence-electron chi connectivity index (χ1n) is 6.35. The van der Waals surface area contributed by atoms with Crippen molar-refractivity contribution < 1.29 is 0 Å². The minimum Gasteiger partial charge on any atom is -0.316 e. The fourth-order valence-electron chi connectivity index (χ4n) is 2.43. The van der Waals surface area contributed by atoms with Crippen molar-refractivity contribution in [3.05, 3.63) is 30.0 Å². The molecule has 1 atom stereocenters. The molecule has 3 rings (SSSR count). The first-order chi connectivity index (χ1) is 8.83. The van der Waals surface area contributed by atoms with E-state index in [4.69, 9.17) is 0 Å². The average Bonchev–Trinajstić information content (AvgIpc) is 3.01. The minimum absolute atomic E-state index is 0.694. The van der Waals surface area contributed by atoms with Gasteiger partial charge in [0, 0.05) is 17.5 Å². The second kappa shape index (κ2) is 4.86. The first kappa shape index (κ1) is 11.3. The second-order valence-electron chi connectivity index (χ2n) is 4.87. The molecule has 1 aliphatic heterocycles. The van der Waals surface area contributed by atoms with Crippen LogP contribution in [0, 0.1) is 12.8 Å². The topological polar surface area (TPSA) is 66.5 Å². The molecular formula is C13H17N5. The van der Waals surface area contributed by atoms with Crippen molar-refractivity contribution >= 4 is 0 Å². The van der Waals surface area contributed by atoms with Gasteiger partial charge in [0.25, 0.3) is 0 Å². The van der Waals surface area contributed by atoms with Crippen LogP contribution in [0.1, 0.15) is 17.8 Å². The lowest BCUT2D eigenvalue weighted by atomic mass is 10.0. The van der Waals surface area contributed by atoms with Gasteiger partial charge in [-0.05, 0) is 38.8 Å². The van der Waals surface area contributed by atoms with Crippen LogP contribution in [0.25, 0.3) is 11.3 Å². The van der Waals surface area contributed by atoms with Crippen molar-refractivity contribution in [1.29, 1.82) is 0 Å². The van der Waals surface area contributed by atoms with Gasteiger partial charge in [-0.1, -0.05) is 0 Å². The molecule has 0 unspecified atom stereocenters. The summed E-state index contributed by atoms with van der Waals surface area (Å²) < 4.78 is 0. The molecule has 2 N–H and O–H groups in total. The van der Waals surface area contributed by atoms with Crippen LogP contribution in [-0.2, 0) is 6.42 Å². The highest BCUT2D eigenvalue weighted by Crippen LogP contribution is 2.20. The summed E-state index contributed by atoms with van der Waals surface area (Å²) >= 11 is 0. The number of nitrogens with one attached hydrogen (secondary N) is 2. The third kappa shape index (κ3) is 2.26. The van der Waals surface area contributed by atoms with Crippen LogP contribution in [0.2, 0.25) is 0 Å². The molecule has 0 amide bonds. The summed E-state index contributed by atoms with van der Waals surface area (Å²) in [6.45, 7) is 4.22. The van der Waals surface area contributed by atoms with E-state index >= 15 is 0 Å². The van der Waals surface area contributed by atoms with Crippen LogP contribution >= 0.6 is 0 Å². The molecule has 94 valence electrons. The third-order valence-electron chi connectivity index (χ3n) is 3.45. The maximum absolute atomic E-state index is 4.69. The summed E-state index contributed by atoms with van der Waals surface area (Å²) in [4.78, 5) is 8.99. The molecule has 0 spiro atoms. The number of hydrogen-bond acceptors (Lipinski definition) is 4. The molecule has 0 aliphatic carbocycles. The lowest BCUT2D eigenvalue weighted by molar-refractivity contribution is 0.570. The number of nitrogens with zero attached hydrogens (tertiary/aromatic N) is 3. The van der Waals surface area contributed by atoms with Crippen LogP contribution in [0.15, 0.2) is 18.6 Å². The number of aromatic nitrogens is 4. The highest BCUT2D eigenvalue weighted by molar-refractivity contribution is 5.59. The van der Waals surface area contributed by atoms with E-state index in [2.05, 4.69) is 25.5 Å². The van der Waals surface area contributed by atoms with Crippen molar-refractivity contribution in [1.82, 2.24) is 25.5 Å². The molecule has 2 aromatic heterocycles. The quantitative estimate of drug-likeness (QED) is 0.853. The Morgan fingerprint density at radius 3 is 3.00 bits per heavy atom. The lowest BCUT2D eigenvalue weighted by Crippen LogP contribution is -2.11. The SMILES string of the molecule is Cc1[nH]ncc1-c1cncc(C[C@@H]2CCNC2)n1. The van der Waals surface area contributed by atoms with Gasteiger partial charge in [-0.15, -0.1) is 0 Å². The predicted octanol–water partition coefficient (Wildman–Crippen LogP) is 1.33.